The van der Waals surface area contributed by atoms with Crippen molar-refractivity contribution in [3.05, 3.63) is 71.3 Å². The molecule has 0 saturated carbocycles. The molecule has 2 aromatic carbocycles. The first-order valence-corrected chi connectivity index (χ1v) is 8.04. The van der Waals surface area contributed by atoms with Crippen LogP contribution in [0.15, 0.2) is 54.6 Å². The van der Waals surface area contributed by atoms with Crippen LogP contribution in [-0.4, -0.2) is 12.5 Å². The number of aryl methyl sites for hydroxylation is 1. The first-order valence-electron chi connectivity index (χ1n) is 8.04. The lowest BCUT2D eigenvalue weighted by molar-refractivity contribution is -0.121. The molecule has 0 heterocycles. The molecule has 0 aliphatic carbocycles. The van der Waals surface area contributed by atoms with Gasteiger partial charge in [-0.15, -0.1) is 0 Å². The number of rotatable bonds is 7. The van der Waals surface area contributed by atoms with Crippen molar-refractivity contribution in [2.24, 2.45) is 0 Å². The maximum Gasteiger partial charge on any atom is 0.220 e. The van der Waals surface area contributed by atoms with E-state index in [1.54, 1.807) is 0 Å². The molecule has 0 fully saturated rings. The zero-order chi connectivity index (χ0) is 15.8. The lowest BCUT2D eigenvalue weighted by Gasteiger charge is -2.08. The zero-order valence-electron chi connectivity index (χ0n) is 13.5. The monoisotopic (exact) mass is 295 g/mol. The van der Waals surface area contributed by atoms with Gasteiger partial charge >= 0.3 is 0 Å². The summed E-state index contributed by atoms with van der Waals surface area (Å²) in [5, 5.41) is 2.99. The number of carbonyl (C=O) groups is 1. The van der Waals surface area contributed by atoms with Crippen molar-refractivity contribution in [1.82, 2.24) is 5.32 Å². The van der Waals surface area contributed by atoms with E-state index in [0.29, 0.717) is 18.9 Å². The van der Waals surface area contributed by atoms with E-state index >= 15 is 0 Å². The molecule has 2 aromatic rings. The molecule has 2 nitrogen and oxygen atoms in total. The molecule has 22 heavy (non-hydrogen) atoms. The Hall–Kier alpha value is -2.09. The number of hydrogen-bond acceptors (Lipinski definition) is 1. The van der Waals surface area contributed by atoms with E-state index in [0.717, 1.165) is 12.8 Å². The summed E-state index contributed by atoms with van der Waals surface area (Å²) >= 11 is 0. The summed E-state index contributed by atoms with van der Waals surface area (Å²) in [5.74, 6) is 0.680. The number of benzene rings is 2. The van der Waals surface area contributed by atoms with Gasteiger partial charge in [0.2, 0.25) is 5.91 Å². The molecule has 0 spiro atoms. The van der Waals surface area contributed by atoms with Crippen LogP contribution >= 0.6 is 0 Å². The Morgan fingerprint density at radius 3 is 2.18 bits per heavy atom. The highest BCUT2D eigenvalue weighted by atomic mass is 16.1. The van der Waals surface area contributed by atoms with Crippen molar-refractivity contribution in [1.29, 1.82) is 0 Å². The molecule has 0 aliphatic heterocycles. The van der Waals surface area contributed by atoms with Gasteiger partial charge < -0.3 is 5.32 Å². The lowest BCUT2D eigenvalue weighted by Crippen LogP contribution is -2.25. The molecular weight excluding hydrogens is 270 g/mol. The standard InChI is InChI=1S/C20H25NO/c1-16(2)19-11-8-18(9-12-19)10-13-20(22)21-15-14-17-6-4-3-5-7-17/h3-9,11-12,16H,10,13-15H2,1-2H3,(H,21,22). The Kier molecular flexibility index (Phi) is 6.20. The molecular formula is C20H25NO. The molecule has 1 amide bonds. The average Bonchev–Trinajstić information content (AvgIpc) is 2.54. The minimum Gasteiger partial charge on any atom is -0.356 e. The van der Waals surface area contributed by atoms with E-state index in [9.17, 15) is 4.79 Å². The Balaban J connectivity index is 1.69. The van der Waals surface area contributed by atoms with Gasteiger partial charge in [0.15, 0.2) is 0 Å². The van der Waals surface area contributed by atoms with Gasteiger partial charge in [0.1, 0.15) is 0 Å². The highest BCUT2D eigenvalue weighted by molar-refractivity contribution is 5.76. The van der Waals surface area contributed by atoms with Crippen LogP contribution in [0.4, 0.5) is 0 Å². The maximum absolute atomic E-state index is 11.9. The Bertz CT molecular complexity index is 572. The first-order chi connectivity index (χ1) is 10.6. The summed E-state index contributed by atoms with van der Waals surface area (Å²) in [6.45, 7) is 5.08. The van der Waals surface area contributed by atoms with Crippen molar-refractivity contribution in [2.75, 3.05) is 6.54 Å². The maximum atomic E-state index is 11.9. The van der Waals surface area contributed by atoms with Crippen molar-refractivity contribution < 1.29 is 4.79 Å². The number of carbonyl (C=O) groups excluding carboxylic acids is 1. The Morgan fingerprint density at radius 2 is 1.55 bits per heavy atom. The average molecular weight is 295 g/mol. The minimum absolute atomic E-state index is 0.129. The highest BCUT2D eigenvalue weighted by Gasteiger charge is 2.03. The van der Waals surface area contributed by atoms with Crippen LogP contribution in [0.2, 0.25) is 0 Å². The second-order valence-corrected chi connectivity index (χ2v) is 5.98. The molecule has 1 N–H and O–H groups in total. The molecule has 0 radical (unpaired) electrons. The van der Waals surface area contributed by atoms with E-state index in [1.807, 2.05) is 18.2 Å². The third-order valence-corrected chi connectivity index (χ3v) is 3.87. The molecule has 0 atom stereocenters. The van der Waals surface area contributed by atoms with Crippen LogP contribution < -0.4 is 5.32 Å². The van der Waals surface area contributed by atoms with Gasteiger partial charge in [-0.1, -0.05) is 68.4 Å². The van der Waals surface area contributed by atoms with Gasteiger partial charge in [-0.05, 0) is 35.4 Å². The lowest BCUT2D eigenvalue weighted by atomic mass is 10.0. The molecule has 0 saturated heterocycles. The van der Waals surface area contributed by atoms with Gasteiger partial charge in [0.25, 0.3) is 0 Å². The summed E-state index contributed by atoms with van der Waals surface area (Å²) in [5.41, 5.74) is 3.82. The van der Waals surface area contributed by atoms with Gasteiger partial charge in [-0.3, -0.25) is 4.79 Å². The summed E-state index contributed by atoms with van der Waals surface area (Å²) in [6.07, 6.45) is 2.24. The zero-order valence-corrected chi connectivity index (χ0v) is 13.5. The van der Waals surface area contributed by atoms with E-state index in [1.165, 1.54) is 16.7 Å². The van der Waals surface area contributed by atoms with E-state index in [-0.39, 0.29) is 5.91 Å². The molecule has 2 rings (SSSR count). The van der Waals surface area contributed by atoms with Crippen LogP contribution in [0.5, 0.6) is 0 Å². The van der Waals surface area contributed by atoms with E-state index < -0.39 is 0 Å². The Labute approximate surface area is 133 Å². The fraction of sp³-hybridized carbons (Fsp3) is 0.350. The van der Waals surface area contributed by atoms with Crippen LogP contribution in [-0.2, 0) is 17.6 Å². The number of hydrogen-bond donors (Lipinski definition) is 1. The van der Waals surface area contributed by atoms with Crippen molar-refractivity contribution >= 4 is 5.91 Å². The van der Waals surface area contributed by atoms with Crippen molar-refractivity contribution in [2.45, 2.75) is 39.0 Å². The quantitative estimate of drug-likeness (QED) is 0.818. The predicted octanol–water partition coefficient (Wildman–Crippen LogP) is 4.10. The molecule has 0 bridgehead atoms. The van der Waals surface area contributed by atoms with Gasteiger partial charge in [0.05, 0.1) is 0 Å². The molecule has 0 aliphatic rings. The van der Waals surface area contributed by atoms with Crippen LogP contribution in [0.25, 0.3) is 0 Å². The third-order valence-electron chi connectivity index (χ3n) is 3.87. The summed E-state index contributed by atoms with van der Waals surface area (Å²) in [7, 11) is 0. The second kappa shape index (κ2) is 8.38. The fourth-order valence-corrected chi connectivity index (χ4v) is 2.41. The molecule has 0 aromatic heterocycles. The molecule has 2 heteroatoms. The van der Waals surface area contributed by atoms with Gasteiger partial charge in [-0.2, -0.15) is 0 Å². The summed E-state index contributed by atoms with van der Waals surface area (Å²) in [4.78, 5) is 11.9. The third kappa shape index (κ3) is 5.36. The summed E-state index contributed by atoms with van der Waals surface area (Å²) in [6, 6.07) is 18.8. The smallest absolute Gasteiger partial charge is 0.220 e. The van der Waals surface area contributed by atoms with Crippen molar-refractivity contribution in [3.8, 4) is 0 Å². The largest absolute Gasteiger partial charge is 0.356 e. The normalized spacial score (nSPS) is 10.7. The number of amides is 1. The topological polar surface area (TPSA) is 29.1 Å². The van der Waals surface area contributed by atoms with Crippen molar-refractivity contribution in [3.63, 3.8) is 0 Å². The molecule has 116 valence electrons. The predicted molar refractivity (Wildman–Crippen MR) is 92.0 cm³/mol. The second-order valence-electron chi connectivity index (χ2n) is 5.98. The minimum atomic E-state index is 0.129. The summed E-state index contributed by atoms with van der Waals surface area (Å²) < 4.78 is 0. The van der Waals surface area contributed by atoms with Crippen LogP contribution in [0, 0.1) is 0 Å². The SMILES string of the molecule is CC(C)c1ccc(CCC(=O)NCCc2ccccc2)cc1. The fourth-order valence-electron chi connectivity index (χ4n) is 2.41. The van der Waals surface area contributed by atoms with Gasteiger partial charge in [-0.25, -0.2) is 0 Å². The Morgan fingerprint density at radius 1 is 0.909 bits per heavy atom. The first kappa shape index (κ1) is 16.3. The van der Waals surface area contributed by atoms with E-state index in [2.05, 4.69) is 55.6 Å². The van der Waals surface area contributed by atoms with Crippen LogP contribution in [0.3, 0.4) is 0 Å². The highest BCUT2D eigenvalue weighted by Crippen LogP contribution is 2.15. The van der Waals surface area contributed by atoms with Crippen LogP contribution in [0.1, 0.15) is 42.9 Å². The van der Waals surface area contributed by atoms with Gasteiger partial charge in [0, 0.05) is 13.0 Å². The van der Waals surface area contributed by atoms with E-state index in [4.69, 9.17) is 0 Å². The molecule has 0 unspecified atom stereocenters. The number of nitrogens with one attached hydrogen (secondary N) is 1.